The molecule has 2 N–H and O–H groups in total. The molecule has 0 unspecified atom stereocenters. The van der Waals surface area contributed by atoms with Gasteiger partial charge in [0, 0.05) is 31.6 Å². The Hall–Kier alpha value is -4.74. The third-order valence-corrected chi connectivity index (χ3v) is 9.60. The highest BCUT2D eigenvalue weighted by Gasteiger charge is 2.53. The normalized spacial score (nSPS) is 17.4. The maximum Gasteiger partial charge on any atom is 0.252 e. The Morgan fingerprint density at radius 1 is 0.979 bits per heavy atom. The van der Waals surface area contributed by atoms with Crippen LogP contribution in [0.5, 0.6) is 11.5 Å². The molecule has 1 aliphatic rings. The van der Waals surface area contributed by atoms with Gasteiger partial charge < -0.3 is 24.6 Å². The number of rotatable bonds is 15. The SMILES string of the molecule is COc1cccc([C@H]2OC(c3ccc(OCCCO)cc3)=N[C@@]2(CCS(=O)(=O)c2ccccc2)C(=O)NCCc2cccc(F)c2)c1. The highest BCUT2D eigenvalue weighted by atomic mass is 32.2. The Labute approximate surface area is 274 Å². The smallest absolute Gasteiger partial charge is 0.252 e. The molecular weight excluding hydrogens is 623 g/mol. The molecule has 5 rings (SSSR count). The van der Waals surface area contributed by atoms with Gasteiger partial charge in [0.25, 0.3) is 5.91 Å². The fourth-order valence-electron chi connectivity index (χ4n) is 5.38. The van der Waals surface area contributed by atoms with Crippen molar-refractivity contribution >= 4 is 21.6 Å². The number of sulfone groups is 1. The number of aliphatic hydroxyl groups excluding tert-OH is 1. The minimum Gasteiger partial charge on any atom is -0.497 e. The number of aliphatic imine (C=N–C) groups is 1. The van der Waals surface area contributed by atoms with Gasteiger partial charge in [-0.05, 0) is 78.2 Å². The van der Waals surface area contributed by atoms with Gasteiger partial charge in [-0.1, -0.05) is 42.5 Å². The number of amides is 1. The Morgan fingerprint density at radius 2 is 1.74 bits per heavy atom. The highest BCUT2D eigenvalue weighted by Crippen LogP contribution is 2.44. The summed E-state index contributed by atoms with van der Waals surface area (Å²) in [6.07, 6.45) is -0.360. The lowest BCUT2D eigenvalue weighted by molar-refractivity contribution is -0.129. The molecule has 0 bridgehead atoms. The zero-order chi connectivity index (χ0) is 33.3. The topological polar surface area (TPSA) is 124 Å². The summed E-state index contributed by atoms with van der Waals surface area (Å²) in [4.78, 5) is 19.4. The van der Waals surface area contributed by atoms with E-state index in [1.165, 1.54) is 31.4 Å². The van der Waals surface area contributed by atoms with Crippen LogP contribution in [-0.2, 0) is 25.8 Å². The number of carbonyl (C=O) groups excluding carboxylic acids is 1. The fourth-order valence-corrected chi connectivity index (χ4v) is 6.76. The molecule has 0 saturated carbocycles. The molecule has 47 heavy (non-hydrogen) atoms. The fraction of sp³-hybridized carbons (Fsp3) is 0.278. The van der Waals surface area contributed by atoms with Crippen LogP contribution in [0.4, 0.5) is 4.39 Å². The van der Waals surface area contributed by atoms with Crippen LogP contribution in [0.1, 0.15) is 35.6 Å². The second-order valence-corrected chi connectivity index (χ2v) is 13.2. The molecule has 1 aliphatic heterocycles. The number of carbonyl (C=O) groups is 1. The predicted octanol–water partition coefficient (Wildman–Crippen LogP) is 5.08. The first kappa shape index (κ1) is 33.6. The van der Waals surface area contributed by atoms with Crippen molar-refractivity contribution in [2.24, 2.45) is 4.99 Å². The van der Waals surface area contributed by atoms with Crippen LogP contribution in [-0.4, -0.2) is 63.5 Å². The molecule has 4 aromatic rings. The van der Waals surface area contributed by atoms with Gasteiger partial charge in [-0.25, -0.2) is 17.8 Å². The summed E-state index contributed by atoms with van der Waals surface area (Å²) in [5, 5.41) is 12.0. The van der Waals surface area contributed by atoms with Crippen LogP contribution in [0.25, 0.3) is 0 Å². The number of hydrogen-bond donors (Lipinski definition) is 2. The van der Waals surface area contributed by atoms with Crippen molar-refractivity contribution in [1.82, 2.24) is 5.32 Å². The van der Waals surface area contributed by atoms with E-state index in [0.29, 0.717) is 47.6 Å². The van der Waals surface area contributed by atoms with Crippen molar-refractivity contribution < 1.29 is 36.9 Å². The molecule has 0 spiro atoms. The molecule has 0 fully saturated rings. The maximum absolute atomic E-state index is 14.4. The van der Waals surface area contributed by atoms with E-state index < -0.39 is 27.4 Å². The van der Waals surface area contributed by atoms with Crippen LogP contribution in [0, 0.1) is 5.82 Å². The number of hydrogen-bond acceptors (Lipinski definition) is 8. The van der Waals surface area contributed by atoms with Gasteiger partial charge in [0.15, 0.2) is 21.5 Å². The number of methoxy groups -OCH3 is 1. The predicted molar refractivity (Wildman–Crippen MR) is 176 cm³/mol. The average molecular weight is 661 g/mol. The van der Waals surface area contributed by atoms with E-state index in [9.17, 15) is 17.6 Å². The quantitative estimate of drug-likeness (QED) is 0.171. The molecule has 4 aromatic carbocycles. The van der Waals surface area contributed by atoms with Crippen molar-refractivity contribution in [3.63, 3.8) is 0 Å². The van der Waals surface area contributed by atoms with Gasteiger partial charge in [0.2, 0.25) is 5.90 Å². The molecule has 1 amide bonds. The lowest BCUT2D eigenvalue weighted by Crippen LogP contribution is -2.49. The zero-order valence-electron chi connectivity index (χ0n) is 26.0. The van der Waals surface area contributed by atoms with E-state index in [1.54, 1.807) is 78.9 Å². The lowest BCUT2D eigenvalue weighted by atomic mass is 9.85. The van der Waals surface area contributed by atoms with Crippen molar-refractivity contribution in [1.29, 1.82) is 0 Å². The molecule has 2 atom stereocenters. The molecular formula is C36H37FN2O7S. The van der Waals surface area contributed by atoms with Crippen LogP contribution >= 0.6 is 0 Å². The van der Waals surface area contributed by atoms with E-state index in [-0.39, 0.29) is 41.9 Å². The Balaban J connectivity index is 1.53. The maximum atomic E-state index is 14.4. The first-order valence-corrected chi connectivity index (χ1v) is 16.9. The van der Waals surface area contributed by atoms with Gasteiger partial charge in [-0.2, -0.15) is 0 Å². The number of nitrogens with one attached hydrogen (secondary N) is 1. The minimum absolute atomic E-state index is 0.0146. The van der Waals surface area contributed by atoms with Crippen LogP contribution in [0.15, 0.2) is 113 Å². The summed E-state index contributed by atoms with van der Waals surface area (Å²) in [5.41, 5.74) is 0.141. The number of halogens is 1. The van der Waals surface area contributed by atoms with Crippen LogP contribution < -0.4 is 14.8 Å². The van der Waals surface area contributed by atoms with Gasteiger partial charge in [0.1, 0.15) is 17.3 Å². The van der Waals surface area contributed by atoms with E-state index in [2.05, 4.69) is 5.32 Å². The molecule has 246 valence electrons. The van der Waals surface area contributed by atoms with Crippen molar-refractivity contribution in [3.8, 4) is 11.5 Å². The molecule has 1 heterocycles. The Morgan fingerprint density at radius 3 is 2.47 bits per heavy atom. The van der Waals surface area contributed by atoms with Crippen molar-refractivity contribution in [3.05, 3.63) is 126 Å². The number of nitrogens with zero attached hydrogens (tertiary/aromatic N) is 1. The summed E-state index contributed by atoms with van der Waals surface area (Å²) in [6, 6.07) is 28.2. The van der Waals surface area contributed by atoms with E-state index >= 15 is 0 Å². The first-order chi connectivity index (χ1) is 22.7. The molecule has 0 aliphatic carbocycles. The largest absolute Gasteiger partial charge is 0.497 e. The van der Waals surface area contributed by atoms with E-state index in [4.69, 9.17) is 24.3 Å². The van der Waals surface area contributed by atoms with Gasteiger partial charge in [-0.15, -0.1) is 0 Å². The van der Waals surface area contributed by atoms with E-state index in [1.807, 2.05) is 0 Å². The van der Waals surface area contributed by atoms with Crippen LogP contribution in [0.2, 0.25) is 0 Å². The minimum atomic E-state index is -3.81. The summed E-state index contributed by atoms with van der Waals surface area (Å²) in [5.74, 6) is -0.00689. The third-order valence-electron chi connectivity index (χ3n) is 7.87. The van der Waals surface area contributed by atoms with Gasteiger partial charge >= 0.3 is 0 Å². The monoisotopic (exact) mass is 660 g/mol. The number of aliphatic hydroxyl groups is 1. The molecule has 0 aromatic heterocycles. The third kappa shape index (κ3) is 8.16. The molecule has 0 saturated heterocycles. The Kier molecular flexibility index (Phi) is 10.9. The standard InChI is InChI=1S/C36H37FN2O7S/c1-44-31-11-6-9-28(25-31)33-36(19-23-47(42,43)32-12-3-2-4-13-32,35(41)38-20-18-26-8-5-10-29(37)24-26)39-34(46-33)27-14-16-30(17-15-27)45-22-7-21-40/h2-6,8-17,24-25,33,40H,7,18-23H2,1H3,(H,38,41)/t33-,36-/m1/s1. The number of benzene rings is 4. The summed E-state index contributed by atoms with van der Waals surface area (Å²) < 4.78 is 58.4. The van der Waals surface area contributed by atoms with Crippen molar-refractivity contribution in [2.75, 3.05) is 32.6 Å². The summed E-state index contributed by atoms with van der Waals surface area (Å²) in [6.45, 7) is 0.520. The van der Waals surface area contributed by atoms with Gasteiger partial charge in [-0.3, -0.25) is 4.79 Å². The van der Waals surface area contributed by atoms with Gasteiger partial charge in [0.05, 0.1) is 24.4 Å². The first-order valence-electron chi connectivity index (χ1n) is 15.3. The molecule has 11 heteroatoms. The molecule has 0 radical (unpaired) electrons. The zero-order valence-corrected chi connectivity index (χ0v) is 26.8. The Bertz CT molecular complexity index is 1800. The summed E-state index contributed by atoms with van der Waals surface area (Å²) in [7, 11) is -2.28. The second kappa shape index (κ2) is 15.2. The number of ether oxygens (including phenoxy) is 3. The van der Waals surface area contributed by atoms with Crippen molar-refractivity contribution in [2.45, 2.75) is 35.8 Å². The summed E-state index contributed by atoms with van der Waals surface area (Å²) >= 11 is 0. The lowest BCUT2D eigenvalue weighted by Gasteiger charge is -2.30. The second-order valence-electron chi connectivity index (χ2n) is 11.1. The average Bonchev–Trinajstić information content (AvgIpc) is 3.49. The highest BCUT2D eigenvalue weighted by molar-refractivity contribution is 7.91. The molecule has 9 nitrogen and oxygen atoms in total. The van der Waals surface area contributed by atoms with E-state index in [0.717, 1.165) is 0 Å². The van der Waals surface area contributed by atoms with Crippen LogP contribution in [0.3, 0.4) is 0 Å².